The van der Waals surface area contributed by atoms with Crippen molar-refractivity contribution in [2.45, 2.75) is 50.4 Å². The van der Waals surface area contributed by atoms with Crippen LogP contribution in [0.4, 0.5) is 10.1 Å². The van der Waals surface area contributed by atoms with Gasteiger partial charge in [0.15, 0.2) is 0 Å². The van der Waals surface area contributed by atoms with Crippen molar-refractivity contribution in [3.63, 3.8) is 0 Å². The Bertz CT molecular complexity index is 821. The summed E-state index contributed by atoms with van der Waals surface area (Å²) in [4.78, 5) is 15.0. The quantitative estimate of drug-likeness (QED) is 0.585. The molecule has 0 aromatic heterocycles. The molecule has 0 spiro atoms. The molecule has 1 aromatic rings. The van der Waals surface area contributed by atoms with Crippen LogP contribution in [-0.2, 0) is 4.79 Å². The monoisotopic (exact) mass is 438 g/mol. The molecular formula is C22H25Cl2FN2O2. The average molecular weight is 439 g/mol. The van der Waals surface area contributed by atoms with Crippen molar-refractivity contribution in [3.05, 3.63) is 65.0 Å². The number of anilines is 1. The van der Waals surface area contributed by atoms with Crippen LogP contribution in [0, 0.1) is 5.92 Å². The number of aliphatic hydroxyl groups excluding tert-OH is 1. The van der Waals surface area contributed by atoms with E-state index in [0.29, 0.717) is 10.7 Å². The van der Waals surface area contributed by atoms with Crippen molar-refractivity contribution in [2.75, 3.05) is 5.32 Å². The van der Waals surface area contributed by atoms with Crippen molar-refractivity contribution < 1.29 is 14.3 Å². The minimum Gasteiger partial charge on any atom is -0.378 e. The Morgan fingerprint density at radius 2 is 2.07 bits per heavy atom. The molecule has 29 heavy (non-hydrogen) atoms. The molecule has 7 heteroatoms. The molecule has 1 amide bonds. The van der Waals surface area contributed by atoms with E-state index in [1.54, 1.807) is 29.2 Å². The van der Waals surface area contributed by atoms with Crippen LogP contribution in [0.2, 0.25) is 5.02 Å². The van der Waals surface area contributed by atoms with E-state index in [-0.39, 0.29) is 23.4 Å². The highest BCUT2D eigenvalue weighted by Gasteiger charge is 2.49. The second-order valence-electron chi connectivity index (χ2n) is 7.51. The number of allylic oxidation sites excluding steroid dienone is 4. The minimum atomic E-state index is -0.871. The summed E-state index contributed by atoms with van der Waals surface area (Å²) in [7, 11) is 0. The largest absolute Gasteiger partial charge is 0.378 e. The smallest absolute Gasteiger partial charge is 0.242 e. The number of halogens is 3. The van der Waals surface area contributed by atoms with Crippen LogP contribution in [0.25, 0.3) is 0 Å². The highest BCUT2D eigenvalue weighted by Crippen LogP contribution is 2.40. The molecule has 1 aromatic carbocycles. The third-order valence-corrected chi connectivity index (χ3v) is 5.87. The van der Waals surface area contributed by atoms with Gasteiger partial charge in [0.25, 0.3) is 0 Å². The first-order valence-corrected chi connectivity index (χ1v) is 10.5. The Morgan fingerprint density at radius 3 is 2.72 bits per heavy atom. The van der Waals surface area contributed by atoms with Gasteiger partial charge in [-0.25, -0.2) is 4.39 Å². The van der Waals surface area contributed by atoms with E-state index in [1.807, 2.05) is 0 Å². The molecule has 2 N–H and O–H groups in total. The van der Waals surface area contributed by atoms with Gasteiger partial charge in [-0.1, -0.05) is 54.8 Å². The van der Waals surface area contributed by atoms with Gasteiger partial charge in [0, 0.05) is 27.7 Å². The van der Waals surface area contributed by atoms with Gasteiger partial charge in [-0.15, -0.1) is 0 Å². The van der Waals surface area contributed by atoms with Gasteiger partial charge in [0.1, 0.15) is 18.1 Å². The highest BCUT2D eigenvalue weighted by atomic mass is 35.5. The number of rotatable bonds is 6. The standard InChI is InChI=1S/C22H25Cl2FN2O2/c1-14(23)6-4-11-19(25)18-13-20(28)27(17-9-2-3-10-17)21(18)22(29)26-16-8-5-7-15(24)12-16/h4-8,11-12,17-18,20-21,28H,1-3,9-10,13H2,(H,26,29)/b6-4-,19-11-/t18?,20-,21?/m0/s1. The normalized spacial score (nSPS) is 26.3. The predicted octanol–water partition coefficient (Wildman–Crippen LogP) is 5.39. The Morgan fingerprint density at radius 1 is 1.34 bits per heavy atom. The van der Waals surface area contributed by atoms with E-state index in [2.05, 4.69) is 11.9 Å². The summed E-state index contributed by atoms with van der Waals surface area (Å²) in [5, 5.41) is 14.3. The lowest BCUT2D eigenvalue weighted by molar-refractivity contribution is -0.125. The van der Waals surface area contributed by atoms with Crippen LogP contribution in [0.3, 0.4) is 0 Å². The molecule has 0 bridgehead atoms. The molecule has 2 aliphatic rings. The Labute approximate surface area is 180 Å². The average Bonchev–Trinajstić information content (AvgIpc) is 3.28. The molecule has 3 atom stereocenters. The van der Waals surface area contributed by atoms with Crippen LogP contribution in [-0.4, -0.2) is 34.2 Å². The first-order chi connectivity index (χ1) is 13.9. The fourth-order valence-electron chi connectivity index (χ4n) is 4.28. The second-order valence-corrected chi connectivity index (χ2v) is 8.43. The van der Waals surface area contributed by atoms with Crippen molar-refractivity contribution in [1.82, 2.24) is 4.90 Å². The minimum absolute atomic E-state index is 0.0658. The first-order valence-electron chi connectivity index (χ1n) is 9.77. The summed E-state index contributed by atoms with van der Waals surface area (Å²) >= 11 is 11.7. The summed E-state index contributed by atoms with van der Waals surface area (Å²) in [6.07, 6.45) is 7.36. The van der Waals surface area contributed by atoms with Crippen molar-refractivity contribution >= 4 is 34.8 Å². The number of hydrogen-bond acceptors (Lipinski definition) is 3. The van der Waals surface area contributed by atoms with Gasteiger partial charge in [0.2, 0.25) is 5.91 Å². The van der Waals surface area contributed by atoms with E-state index in [0.717, 1.165) is 25.7 Å². The summed E-state index contributed by atoms with van der Waals surface area (Å²) in [6, 6.07) is 6.07. The molecule has 1 heterocycles. The van der Waals surface area contributed by atoms with Gasteiger partial charge in [0.05, 0.1) is 0 Å². The second kappa shape index (κ2) is 9.90. The van der Waals surface area contributed by atoms with Gasteiger partial charge in [-0.3, -0.25) is 9.69 Å². The highest BCUT2D eigenvalue weighted by molar-refractivity contribution is 6.31. The molecule has 156 valence electrons. The maximum atomic E-state index is 15.0. The van der Waals surface area contributed by atoms with E-state index in [9.17, 15) is 9.90 Å². The van der Waals surface area contributed by atoms with Gasteiger partial charge < -0.3 is 10.4 Å². The molecule has 0 radical (unpaired) electrons. The summed E-state index contributed by atoms with van der Waals surface area (Å²) in [5.74, 6) is -1.57. The fraction of sp³-hybridized carbons (Fsp3) is 0.409. The topological polar surface area (TPSA) is 52.6 Å². The Hall–Kier alpha value is -1.66. The van der Waals surface area contributed by atoms with Crippen molar-refractivity contribution in [1.29, 1.82) is 0 Å². The number of carbonyl (C=O) groups excluding carboxylic acids is 1. The maximum absolute atomic E-state index is 15.0. The fourth-order valence-corrected chi connectivity index (χ4v) is 4.54. The maximum Gasteiger partial charge on any atom is 0.242 e. The summed E-state index contributed by atoms with van der Waals surface area (Å²) < 4.78 is 15.0. The third-order valence-electron chi connectivity index (χ3n) is 5.51. The lowest BCUT2D eigenvalue weighted by Gasteiger charge is -2.33. The zero-order valence-electron chi connectivity index (χ0n) is 16.0. The van der Waals surface area contributed by atoms with E-state index < -0.39 is 24.0 Å². The number of carbonyl (C=O) groups is 1. The Kier molecular flexibility index (Phi) is 7.52. The van der Waals surface area contributed by atoms with Crippen LogP contribution < -0.4 is 5.32 Å². The molecular weight excluding hydrogens is 414 g/mol. The Balaban J connectivity index is 1.87. The number of benzene rings is 1. The molecule has 1 saturated carbocycles. The van der Waals surface area contributed by atoms with Crippen LogP contribution in [0.1, 0.15) is 32.1 Å². The molecule has 1 saturated heterocycles. The van der Waals surface area contributed by atoms with Crippen molar-refractivity contribution in [2.24, 2.45) is 5.92 Å². The molecule has 3 rings (SSSR count). The molecule has 2 unspecified atom stereocenters. The number of hydrogen-bond donors (Lipinski definition) is 2. The predicted molar refractivity (Wildman–Crippen MR) is 115 cm³/mol. The van der Waals surface area contributed by atoms with E-state index in [1.165, 1.54) is 18.2 Å². The summed E-state index contributed by atoms with van der Waals surface area (Å²) in [6.45, 7) is 3.53. The SMILES string of the molecule is C=C(Cl)/C=C\C=C(/F)C1C[C@H](O)N(C2CCCC2)C1C(=O)Nc1cccc(Cl)c1. The number of amides is 1. The zero-order chi connectivity index (χ0) is 21.0. The summed E-state index contributed by atoms with van der Waals surface area (Å²) in [5.41, 5.74) is 0.539. The van der Waals surface area contributed by atoms with Gasteiger partial charge in [-0.05, 0) is 49.6 Å². The number of likely N-dealkylation sites (tertiary alicyclic amines) is 1. The first kappa shape index (κ1) is 22.0. The van der Waals surface area contributed by atoms with Crippen molar-refractivity contribution in [3.8, 4) is 0 Å². The lowest BCUT2D eigenvalue weighted by atomic mass is 9.96. The molecule has 1 aliphatic carbocycles. The molecule has 2 fully saturated rings. The third kappa shape index (κ3) is 5.48. The van der Waals surface area contributed by atoms with E-state index in [4.69, 9.17) is 23.2 Å². The molecule has 4 nitrogen and oxygen atoms in total. The number of nitrogens with zero attached hydrogens (tertiary/aromatic N) is 1. The zero-order valence-corrected chi connectivity index (χ0v) is 17.5. The number of nitrogens with one attached hydrogen (secondary N) is 1. The van der Waals surface area contributed by atoms with Crippen LogP contribution >= 0.6 is 23.2 Å². The van der Waals surface area contributed by atoms with Gasteiger partial charge >= 0.3 is 0 Å². The van der Waals surface area contributed by atoms with Crippen LogP contribution in [0.5, 0.6) is 0 Å². The lowest BCUT2D eigenvalue weighted by Crippen LogP contribution is -2.50. The molecule has 1 aliphatic heterocycles. The van der Waals surface area contributed by atoms with Crippen LogP contribution in [0.15, 0.2) is 59.9 Å². The van der Waals surface area contributed by atoms with E-state index >= 15 is 4.39 Å². The number of aliphatic hydroxyl groups is 1. The van der Waals surface area contributed by atoms with Gasteiger partial charge in [-0.2, -0.15) is 0 Å².